The van der Waals surface area contributed by atoms with Gasteiger partial charge in [0.1, 0.15) is 11.6 Å². The number of carboxylic acid groups (broad SMARTS) is 1. The minimum atomic E-state index is -1.63. The summed E-state index contributed by atoms with van der Waals surface area (Å²) < 4.78 is 19.0. The summed E-state index contributed by atoms with van der Waals surface area (Å²) in [4.78, 5) is 22.2. The average molecular weight is 317 g/mol. The van der Waals surface area contributed by atoms with Gasteiger partial charge in [-0.3, -0.25) is 4.79 Å². The molecule has 96 valence electrons. The molecule has 0 bridgehead atoms. The lowest BCUT2D eigenvalue weighted by Gasteiger charge is -2.27. The molecule has 2 rings (SSSR count). The molecular formula is C12H10BrFO4. The van der Waals surface area contributed by atoms with Gasteiger partial charge in [-0.2, -0.15) is 0 Å². The minimum absolute atomic E-state index is 0.0351. The van der Waals surface area contributed by atoms with E-state index in [1.165, 1.54) is 0 Å². The van der Waals surface area contributed by atoms with E-state index in [2.05, 4.69) is 15.9 Å². The highest BCUT2D eigenvalue weighted by atomic mass is 79.9. The Hall–Kier alpha value is -1.43. The van der Waals surface area contributed by atoms with E-state index < -0.39 is 17.6 Å². The molecule has 1 aliphatic rings. The van der Waals surface area contributed by atoms with Crippen LogP contribution in [0.3, 0.4) is 0 Å². The molecule has 0 heterocycles. The summed E-state index contributed by atoms with van der Waals surface area (Å²) in [6.07, 6.45) is 2.70. The van der Waals surface area contributed by atoms with Gasteiger partial charge in [-0.05, 0) is 47.3 Å². The molecule has 1 aromatic rings. The van der Waals surface area contributed by atoms with Crippen molar-refractivity contribution in [1.29, 1.82) is 0 Å². The van der Waals surface area contributed by atoms with E-state index in [1.54, 1.807) is 0 Å². The second-order valence-electron chi connectivity index (χ2n) is 4.07. The van der Waals surface area contributed by atoms with E-state index in [-0.39, 0.29) is 21.9 Å². The topological polar surface area (TPSA) is 63.6 Å². The molecule has 0 unspecified atom stereocenters. The second-order valence-corrected chi connectivity index (χ2v) is 4.92. The van der Waals surface area contributed by atoms with Gasteiger partial charge in [-0.1, -0.05) is 0 Å². The SMILES string of the molecule is O=C(O)C(=O)c1cc(F)cc(Br)c1OC1CCC1. The van der Waals surface area contributed by atoms with Crippen molar-refractivity contribution in [2.75, 3.05) is 0 Å². The Morgan fingerprint density at radius 1 is 1.39 bits per heavy atom. The molecule has 0 aromatic heterocycles. The number of ether oxygens (including phenoxy) is 1. The first-order chi connectivity index (χ1) is 8.49. The predicted molar refractivity (Wildman–Crippen MR) is 64.3 cm³/mol. The lowest BCUT2D eigenvalue weighted by atomic mass is 9.96. The van der Waals surface area contributed by atoms with E-state index in [0.717, 1.165) is 31.4 Å². The Morgan fingerprint density at radius 3 is 2.56 bits per heavy atom. The van der Waals surface area contributed by atoms with Crippen LogP contribution in [0, 0.1) is 5.82 Å². The van der Waals surface area contributed by atoms with Gasteiger partial charge in [-0.25, -0.2) is 9.18 Å². The highest BCUT2D eigenvalue weighted by Crippen LogP contribution is 2.35. The average Bonchev–Trinajstić information content (AvgIpc) is 2.23. The van der Waals surface area contributed by atoms with Crippen LogP contribution < -0.4 is 4.74 Å². The second kappa shape index (κ2) is 5.06. The van der Waals surface area contributed by atoms with E-state index in [9.17, 15) is 14.0 Å². The fraction of sp³-hybridized carbons (Fsp3) is 0.333. The number of carbonyl (C=O) groups is 2. The molecule has 1 N–H and O–H groups in total. The summed E-state index contributed by atoms with van der Waals surface area (Å²) in [7, 11) is 0. The molecule has 4 nitrogen and oxygen atoms in total. The van der Waals surface area contributed by atoms with Crippen molar-refractivity contribution in [1.82, 2.24) is 0 Å². The van der Waals surface area contributed by atoms with Crippen molar-refractivity contribution in [2.24, 2.45) is 0 Å². The van der Waals surface area contributed by atoms with Gasteiger partial charge in [0.15, 0.2) is 0 Å². The van der Waals surface area contributed by atoms with Crippen LogP contribution in [0.4, 0.5) is 4.39 Å². The molecule has 1 saturated carbocycles. The molecule has 1 aliphatic carbocycles. The standard InChI is InChI=1S/C12H10BrFO4/c13-9-5-6(14)4-8(10(15)12(16)17)11(9)18-7-2-1-3-7/h4-5,7H,1-3H2,(H,16,17). The number of aliphatic carboxylic acids is 1. The Morgan fingerprint density at radius 2 is 2.06 bits per heavy atom. The predicted octanol–water partition coefficient (Wildman–Crippen LogP) is 2.79. The molecule has 6 heteroatoms. The lowest BCUT2D eigenvalue weighted by Crippen LogP contribution is -2.26. The van der Waals surface area contributed by atoms with E-state index in [4.69, 9.17) is 9.84 Å². The lowest BCUT2D eigenvalue weighted by molar-refractivity contribution is -0.131. The van der Waals surface area contributed by atoms with Crippen LogP contribution in [0.15, 0.2) is 16.6 Å². The van der Waals surface area contributed by atoms with Gasteiger partial charge in [0.25, 0.3) is 5.78 Å². The monoisotopic (exact) mass is 316 g/mol. The van der Waals surface area contributed by atoms with Gasteiger partial charge in [-0.15, -0.1) is 0 Å². The summed E-state index contributed by atoms with van der Waals surface area (Å²) in [6.45, 7) is 0. The van der Waals surface area contributed by atoms with Crippen LogP contribution in [0.1, 0.15) is 29.6 Å². The number of benzene rings is 1. The molecule has 18 heavy (non-hydrogen) atoms. The number of rotatable bonds is 4. The van der Waals surface area contributed by atoms with Crippen LogP contribution in [0.5, 0.6) is 5.75 Å². The van der Waals surface area contributed by atoms with Gasteiger partial charge in [0, 0.05) is 0 Å². The van der Waals surface area contributed by atoms with Crippen LogP contribution in [0.2, 0.25) is 0 Å². The molecule has 0 atom stereocenters. The summed E-state index contributed by atoms with van der Waals surface area (Å²) in [5.74, 6) is -3.39. The molecule has 0 saturated heterocycles. The highest BCUT2D eigenvalue weighted by molar-refractivity contribution is 9.10. The summed E-state index contributed by atoms with van der Waals surface area (Å²) >= 11 is 3.09. The van der Waals surface area contributed by atoms with E-state index >= 15 is 0 Å². The first kappa shape index (κ1) is 13.0. The Kier molecular flexibility index (Phi) is 3.65. The minimum Gasteiger partial charge on any atom is -0.488 e. The van der Waals surface area contributed by atoms with Crippen LogP contribution in [-0.2, 0) is 4.79 Å². The fourth-order valence-electron chi connectivity index (χ4n) is 1.62. The number of hydrogen-bond acceptors (Lipinski definition) is 3. The third kappa shape index (κ3) is 2.53. The van der Waals surface area contributed by atoms with Crippen molar-refractivity contribution in [2.45, 2.75) is 25.4 Å². The number of ketones is 1. The Balaban J connectivity index is 2.40. The number of carbonyl (C=O) groups excluding carboxylic acids is 1. The molecule has 1 fully saturated rings. The van der Waals surface area contributed by atoms with E-state index in [0.29, 0.717) is 0 Å². The zero-order valence-corrected chi connectivity index (χ0v) is 10.9. The third-order valence-corrected chi connectivity index (χ3v) is 3.37. The van der Waals surface area contributed by atoms with Gasteiger partial charge in [0.2, 0.25) is 0 Å². The van der Waals surface area contributed by atoms with Crippen molar-refractivity contribution in [3.05, 3.63) is 28.0 Å². The number of Topliss-reactive ketones (excluding diaryl/α,β-unsaturated/α-hetero) is 1. The molecule has 0 aliphatic heterocycles. The number of halogens is 2. The molecule has 0 radical (unpaired) electrons. The van der Waals surface area contributed by atoms with Crippen molar-refractivity contribution < 1.29 is 23.8 Å². The first-order valence-corrected chi connectivity index (χ1v) is 6.21. The Bertz CT molecular complexity index is 511. The summed E-state index contributed by atoms with van der Waals surface area (Å²) in [6, 6.07) is 2.03. The molecule has 0 spiro atoms. The maximum absolute atomic E-state index is 13.2. The normalized spacial score (nSPS) is 15.0. The van der Waals surface area contributed by atoms with Gasteiger partial charge < -0.3 is 9.84 Å². The number of carboxylic acids is 1. The first-order valence-electron chi connectivity index (χ1n) is 5.42. The highest BCUT2D eigenvalue weighted by Gasteiger charge is 2.27. The quantitative estimate of drug-likeness (QED) is 0.685. The molecule has 0 amide bonds. The van der Waals surface area contributed by atoms with Gasteiger partial charge >= 0.3 is 5.97 Å². The largest absolute Gasteiger partial charge is 0.488 e. The zero-order valence-electron chi connectivity index (χ0n) is 9.28. The smallest absolute Gasteiger partial charge is 0.377 e. The van der Waals surface area contributed by atoms with E-state index in [1.807, 2.05) is 0 Å². The van der Waals surface area contributed by atoms with Crippen molar-refractivity contribution in [3.63, 3.8) is 0 Å². The number of hydrogen-bond donors (Lipinski definition) is 1. The Labute approximate surface area is 111 Å². The fourth-order valence-corrected chi connectivity index (χ4v) is 2.15. The third-order valence-electron chi connectivity index (χ3n) is 2.78. The van der Waals surface area contributed by atoms with Crippen LogP contribution in [0.25, 0.3) is 0 Å². The maximum atomic E-state index is 13.2. The van der Waals surface area contributed by atoms with Gasteiger partial charge in [0.05, 0.1) is 16.1 Å². The molecule has 1 aromatic carbocycles. The van der Waals surface area contributed by atoms with Crippen LogP contribution in [-0.4, -0.2) is 23.0 Å². The summed E-state index contributed by atoms with van der Waals surface area (Å²) in [5.41, 5.74) is -0.263. The molecular weight excluding hydrogens is 307 g/mol. The van der Waals surface area contributed by atoms with Crippen molar-refractivity contribution in [3.8, 4) is 5.75 Å². The zero-order chi connectivity index (χ0) is 13.3. The maximum Gasteiger partial charge on any atom is 0.377 e. The summed E-state index contributed by atoms with van der Waals surface area (Å²) in [5, 5.41) is 8.70. The van der Waals surface area contributed by atoms with Crippen LogP contribution >= 0.6 is 15.9 Å². The van der Waals surface area contributed by atoms with Crippen molar-refractivity contribution >= 4 is 27.7 Å².